The molecule has 0 atom stereocenters. The van der Waals surface area contributed by atoms with Gasteiger partial charge in [-0.3, -0.25) is 5.32 Å². The first-order valence-corrected chi connectivity index (χ1v) is 10.7. The highest BCUT2D eigenvalue weighted by Gasteiger charge is 2.17. The highest BCUT2D eigenvalue weighted by atomic mass is 16.5. The predicted octanol–water partition coefficient (Wildman–Crippen LogP) is 5.28. The molecule has 7 heteroatoms. The Hall–Kier alpha value is -3.19. The Kier molecular flexibility index (Phi) is 7.78. The van der Waals surface area contributed by atoms with Crippen LogP contribution in [-0.2, 0) is 16.0 Å². The summed E-state index contributed by atoms with van der Waals surface area (Å²) in [6.07, 6.45) is 1.39. The summed E-state index contributed by atoms with van der Waals surface area (Å²) in [6, 6.07) is 13.5. The number of rotatable bonds is 10. The molecule has 0 radical (unpaired) electrons. The molecule has 1 heterocycles. The van der Waals surface area contributed by atoms with Gasteiger partial charge in [-0.25, -0.2) is 4.79 Å². The zero-order valence-corrected chi connectivity index (χ0v) is 18.4. The van der Waals surface area contributed by atoms with Crippen LogP contribution in [0.1, 0.15) is 26.7 Å². The molecule has 31 heavy (non-hydrogen) atoms. The van der Waals surface area contributed by atoms with Crippen molar-refractivity contribution in [2.24, 2.45) is 0 Å². The van der Waals surface area contributed by atoms with Gasteiger partial charge in [0.25, 0.3) is 0 Å². The number of methoxy groups -OCH3 is 1. The summed E-state index contributed by atoms with van der Waals surface area (Å²) < 4.78 is 18.1. The van der Waals surface area contributed by atoms with Crippen molar-refractivity contribution in [3.8, 4) is 17.0 Å². The van der Waals surface area contributed by atoms with Crippen molar-refractivity contribution >= 4 is 28.4 Å². The molecule has 0 aliphatic rings. The number of hydrogen-bond acceptors (Lipinski definition) is 5. The lowest BCUT2D eigenvalue weighted by Crippen LogP contribution is -2.14. The number of carbonyl (C=O) groups excluding carboxylic acids is 1. The largest absolute Gasteiger partial charge is 0.491 e. The fourth-order valence-corrected chi connectivity index (χ4v) is 3.50. The SMILES string of the molecule is CCCCOC(=O)Nc1ccc(-c2c(N)c3ccc(OCCOC)cc3n2CC)cc1. The second-order valence-corrected chi connectivity index (χ2v) is 7.22. The summed E-state index contributed by atoms with van der Waals surface area (Å²) in [7, 11) is 1.65. The Morgan fingerprint density at radius 3 is 2.52 bits per heavy atom. The van der Waals surface area contributed by atoms with E-state index in [2.05, 4.69) is 23.7 Å². The molecule has 3 aromatic rings. The Morgan fingerprint density at radius 1 is 1.06 bits per heavy atom. The molecule has 1 amide bonds. The molecule has 0 saturated carbocycles. The molecule has 0 aliphatic carbocycles. The number of hydrogen-bond donors (Lipinski definition) is 2. The minimum atomic E-state index is -0.440. The first-order valence-electron chi connectivity index (χ1n) is 10.7. The molecule has 0 saturated heterocycles. The van der Waals surface area contributed by atoms with E-state index < -0.39 is 6.09 Å². The van der Waals surface area contributed by atoms with Gasteiger partial charge in [0.2, 0.25) is 0 Å². The summed E-state index contributed by atoms with van der Waals surface area (Å²) in [5.74, 6) is 0.782. The van der Waals surface area contributed by atoms with E-state index in [1.54, 1.807) is 7.11 Å². The maximum Gasteiger partial charge on any atom is 0.411 e. The number of amides is 1. The van der Waals surface area contributed by atoms with Gasteiger partial charge in [-0.05, 0) is 37.6 Å². The molecule has 7 nitrogen and oxygen atoms in total. The number of benzene rings is 2. The molecular formula is C24H31N3O4. The number of anilines is 2. The van der Waals surface area contributed by atoms with Crippen molar-refractivity contribution in [3.05, 3.63) is 42.5 Å². The van der Waals surface area contributed by atoms with E-state index in [0.29, 0.717) is 25.5 Å². The van der Waals surface area contributed by atoms with E-state index in [1.807, 2.05) is 42.5 Å². The topological polar surface area (TPSA) is 87.7 Å². The van der Waals surface area contributed by atoms with E-state index in [-0.39, 0.29) is 0 Å². The van der Waals surface area contributed by atoms with Crippen LogP contribution >= 0.6 is 0 Å². The molecule has 0 unspecified atom stereocenters. The molecule has 3 rings (SSSR count). The van der Waals surface area contributed by atoms with Gasteiger partial charge in [0.05, 0.1) is 30.1 Å². The molecule has 0 spiro atoms. The van der Waals surface area contributed by atoms with Crippen LogP contribution in [0.3, 0.4) is 0 Å². The second kappa shape index (κ2) is 10.7. The van der Waals surface area contributed by atoms with Crippen LogP contribution < -0.4 is 15.8 Å². The van der Waals surface area contributed by atoms with Crippen molar-refractivity contribution in [1.82, 2.24) is 4.57 Å². The highest BCUT2D eigenvalue weighted by molar-refractivity contribution is 6.01. The smallest absolute Gasteiger partial charge is 0.411 e. The number of unbranched alkanes of at least 4 members (excludes halogenated alkanes) is 1. The van der Waals surface area contributed by atoms with Crippen molar-refractivity contribution < 1.29 is 19.0 Å². The minimum absolute atomic E-state index is 0.421. The summed E-state index contributed by atoms with van der Waals surface area (Å²) in [6.45, 7) is 6.35. The lowest BCUT2D eigenvalue weighted by molar-refractivity contribution is 0.146. The Labute approximate surface area is 183 Å². The monoisotopic (exact) mass is 425 g/mol. The number of nitrogens with one attached hydrogen (secondary N) is 1. The van der Waals surface area contributed by atoms with Crippen LogP contribution in [-0.4, -0.2) is 37.6 Å². The van der Waals surface area contributed by atoms with Gasteiger partial charge in [-0.15, -0.1) is 0 Å². The summed E-state index contributed by atoms with van der Waals surface area (Å²) in [4.78, 5) is 11.9. The molecule has 0 aliphatic heterocycles. The van der Waals surface area contributed by atoms with E-state index in [9.17, 15) is 4.79 Å². The van der Waals surface area contributed by atoms with Gasteiger partial charge in [0.1, 0.15) is 12.4 Å². The Bertz CT molecular complexity index is 1010. The van der Waals surface area contributed by atoms with Crippen molar-refractivity contribution in [1.29, 1.82) is 0 Å². The third-order valence-electron chi connectivity index (χ3n) is 5.08. The van der Waals surface area contributed by atoms with Gasteiger partial charge in [0, 0.05) is 36.4 Å². The van der Waals surface area contributed by atoms with Crippen molar-refractivity contribution in [2.75, 3.05) is 38.0 Å². The van der Waals surface area contributed by atoms with E-state index in [0.717, 1.165) is 53.0 Å². The van der Waals surface area contributed by atoms with Crippen LogP contribution in [0.25, 0.3) is 22.2 Å². The number of nitrogens with two attached hydrogens (primary N) is 1. The maximum atomic E-state index is 11.9. The van der Waals surface area contributed by atoms with E-state index in [1.165, 1.54) is 0 Å². The van der Waals surface area contributed by atoms with Crippen LogP contribution in [0.15, 0.2) is 42.5 Å². The van der Waals surface area contributed by atoms with E-state index >= 15 is 0 Å². The highest BCUT2D eigenvalue weighted by Crippen LogP contribution is 2.38. The fraction of sp³-hybridized carbons (Fsp3) is 0.375. The van der Waals surface area contributed by atoms with Gasteiger partial charge in [-0.2, -0.15) is 0 Å². The number of carbonyl (C=O) groups is 1. The summed E-state index contributed by atoms with van der Waals surface area (Å²) >= 11 is 0. The number of aryl methyl sites for hydroxylation is 1. The summed E-state index contributed by atoms with van der Waals surface area (Å²) in [5.41, 5.74) is 10.9. The van der Waals surface area contributed by atoms with E-state index in [4.69, 9.17) is 19.9 Å². The Morgan fingerprint density at radius 2 is 1.84 bits per heavy atom. The normalized spacial score (nSPS) is 10.9. The Balaban J connectivity index is 1.84. The first-order chi connectivity index (χ1) is 15.1. The average molecular weight is 426 g/mol. The lowest BCUT2D eigenvalue weighted by Gasteiger charge is -2.11. The van der Waals surface area contributed by atoms with Gasteiger partial charge < -0.3 is 24.5 Å². The summed E-state index contributed by atoms with van der Waals surface area (Å²) in [5, 5.41) is 3.74. The number of fused-ring (bicyclic) bond motifs is 1. The lowest BCUT2D eigenvalue weighted by atomic mass is 10.1. The third kappa shape index (κ3) is 5.30. The fourth-order valence-electron chi connectivity index (χ4n) is 3.50. The van der Waals surface area contributed by atoms with Crippen molar-refractivity contribution in [2.45, 2.75) is 33.2 Å². The number of nitrogen functional groups attached to an aromatic ring is 1. The molecule has 0 bridgehead atoms. The molecular weight excluding hydrogens is 394 g/mol. The quantitative estimate of drug-likeness (QED) is 0.431. The minimum Gasteiger partial charge on any atom is -0.491 e. The number of ether oxygens (including phenoxy) is 3. The standard InChI is InChI=1S/C24H31N3O4/c1-4-6-13-31-24(28)26-18-9-7-17(8-10-18)23-22(25)20-12-11-19(30-15-14-29-3)16-21(20)27(23)5-2/h7-12,16H,4-6,13-15,25H2,1-3H3,(H,26,28). The third-order valence-corrected chi connectivity index (χ3v) is 5.08. The number of aromatic nitrogens is 1. The maximum absolute atomic E-state index is 11.9. The second-order valence-electron chi connectivity index (χ2n) is 7.22. The molecule has 1 aromatic heterocycles. The van der Waals surface area contributed by atoms with Crippen LogP contribution in [0.5, 0.6) is 5.75 Å². The van der Waals surface area contributed by atoms with Gasteiger partial charge in [-0.1, -0.05) is 25.5 Å². The van der Waals surface area contributed by atoms with Crippen LogP contribution in [0.2, 0.25) is 0 Å². The average Bonchev–Trinajstić information content (AvgIpc) is 3.06. The van der Waals surface area contributed by atoms with Crippen LogP contribution in [0, 0.1) is 0 Å². The molecule has 0 fully saturated rings. The molecule has 3 N–H and O–H groups in total. The molecule has 166 valence electrons. The molecule has 2 aromatic carbocycles. The van der Waals surface area contributed by atoms with Gasteiger partial charge in [0.15, 0.2) is 0 Å². The van der Waals surface area contributed by atoms with Gasteiger partial charge >= 0.3 is 6.09 Å². The number of nitrogens with zero attached hydrogens (tertiary/aromatic N) is 1. The predicted molar refractivity (Wildman–Crippen MR) is 125 cm³/mol. The zero-order chi connectivity index (χ0) is 22.2. The zero-order valence-electron chi connectivity index (χ0n) is 18.4. The van der Waals surface area contributed by atoms with Crippen molar-refractivity contribution in [3.63, 3.8) is 0 Å². The first kappa shape index (κ1) is 22.5. The van der Waals surface area contributed by atoms with Crippen LogP contribution in [0.4, 0.5) is 16.2 Å².